The second-order valence-corrected chi connectivity index (χ2v) is 3.92. The molecule has 0 heterocycles. The van der Waals surface area contributed by atoms with Crippen molar-refractivity contribution in [1.29, 1.82) is 0 Å². The van der Waals surface area contributed by atoms with Crippen molar-refractivity contribution in [3.63, 3.8) is 0 Å². The third-order valence-electron chi connectivity index (χ3n) is 1.92. The highest BCUT2D eigenvalue weighted by Gasteiger charge is 2.33. The molecule has 0 saturated carbocycles. The molecule has 0 spiro atoms. The summed E-state index contributed by atoms with van der Waals surface area (Å²) in [6.07, 6.45) is -4.19. The molecule has 0 aliphatic rings. The molecule has 0 saturated heterocycles. The molecule has 0 aliphatic heterocycles. The Labute approximate surface area is 91.0 Å². The van der Waals surface area contributed by atoms with Crippen LogP contribution < -0.4 is 5.73 Å². The third kappa shape index (κ3) is 3.39. The van der Waals surface area contributed by atoms with Crippen LogP contribution in [0.3, 0.4) is 0 Å². The van der Waals surface area contributed by atoms with Gasteiger partial charge in [0, 0.05) is 11.1 Å². The van der Waals surface area contributed by atoms with E-state index in [0.29, 0.717) is 0 Å². The Kier molecular flexibility index (Phi) is 3.62. The van der Waals surface area contributed by atoms with E-state index in [-0.39, 0.29) is 23.0 Å². The third-order valence-corrected chi connectivity index (χ3v) is 2.15. The van der Waals surface area contributed by atoms with Gasteiger partial charge in [-0.15, -0.1) is 0 Å². The number of nitrogens with two attached hydrogens (primary N) is 1. The molecule has 0 fully saturated rings. The van der Waals surface area contributed by atoms with E-state index in [0.717, 1.165) is 6.07 Å². The largest absolute Gasteiger partial charge is 0.416 e. The molecular weight excluding hydrogens is 227 g/mol. The van der Waals surface area contributed by atoms with Crippen LogP contribution in [0.1, 0.15) is 18.1 Å². The number of rotatable bonds is 2. The quantitative estimate of drug-likeness (QED) is 0.840. The number of benzene rings is 1. The topological polar surface area (TPSA) is 26.0 Å². The van der Waals surface area contributed by atoms with Crippen molar-refractivity contribution in [3.05, 3.63) is 34.3 Å². The normalized spacial score (nSPS) is 14.0. The maximum Gasteiger partial charge on any atom is 0.416 e. The zero-order valence-electron chi connectivity index (χ0n) is 8.11. The Morgan fingerprint density at radius 3 is 2.47 bits per heavy atom. The minimum Gasteiger partial charge on any atom is -0.328 e. The fourth-order valence-corrected chi connectivity index (χ4v) is 1.51. The van der Waals surface area contributed by atoms with Gasteiger partial charge >= 0.3 is 6.18 Å². The van der Waals surface area contributed by atoms with E-state index in [1.54, 1.807) is 6.92 Å². The van der Waals surface area contributed by atoms with Gasteiger partial charge in [-0.2, -0.15) is 13.2 Å². The molecule has 1 atom stereocenters. The highest BCUT2D eigenvalue weighted by atomic mass is 35.5. The minimum atomic E-state index is -4.38. The van der Waals surface area contributed by atoms with E-state index in [4.69, 9.17) is 17.3 Å². The first-order valence-electron chi connectivity index (χ1n) is 4.42. The Hall–Kier alpha value is -0.740. The zero-order chi connectivity index (χ0) is 11.6. The molecule has 1 rings (SSSR count). The molecule has 0 aromatic heterocycles. The van der Waals surface area contributed by atoms with Crippen LogP contribution in [0.5, 0.6) is 0 Å². The molecule has 0 unspecified atom stereocenters. The predicted octanol–water partition coefficient (Wildman–Crippen LogP) is 3.25. The predicted molar refractivity (Wildman–Crippen MR) is 53.8 cm³/mol. The lowest BCUT2D eigenvalue weighted by atomic mass is 10.0. The first-order chi connectivity index (χ1) is 6.80. The Morgan fingerprint density at radius 1 is 1.40 bits per heavy atom. The summed E-state index contributed by atoms with van der Waals surface area (Å²) in [6, 6.07) is 3.43. The highest BCUT2D eigenvalue weighted by Crippen LogP contribution is 2.34. The molecule has 1 nitrogen and oxygen atoms in total. The van der Waals surface area contributed by atoms with Gasteiger partial charge in [-0.3, -0.25) is 0 Å². The van der Waals surface area contributed by atoms with Crippen molar-refractivity contribution in [1.82, 2.24) is 0 Å². The maximum atomic E-state index is 12.6. The van der Waals surface area contributed by atoms with Gasteiger partial charge in [-0.05, 0) is 31.0 Å². The Bertz CT molecular complexity index is 347. The van der Waals surface area contributed by atoms with Crippen LogP contribution in [0, 0.1) is 0 Å². The summed E-state index contributed by atoms with van der Waals surface area (Å²) >= 11 is 5.53. The van der Waals surface area contributed by atoms with Gasteiger partial charge in [0.25, 0.3) is 0 Å². The molecule has 5 heteroatoms. The molecule has 0 aliphatic carbocycles. The maximum absolute atomic E-state index is 12.6. The fourth-order valence-electron chi connectivity index (χ4n) is 1.34. The molecule has 2 N–H and O–H groups in total. The minimum absolute atomic E-state index is 0.0794. The van der Waals surface area contributed by atoms with E-state index < -0.39 is 11.7 Å². The van der Waals surface area contributed by atoms with Crippen LogP contribution in [0.4, 0.5) is 13.2 Å². The van der Waals surface area contributed by atoms with E-state index >= 15 is 0 Å². The Balaban J connectivity index is 3.15. The molecule has 0 amide bonds. The number of hydrogen-bond acceptors (Lipinski definition) is 1. The molecule has 0 bridgehead atoms. The first kappa shape index (κ1) is 12.3. The summed E-state index contributed by atoms with van der Waals surface area (Å²) in [5.74, 6) is 0. The summed E-state index contributed by atoms with van der Waals surface area (Å²) in [4.78, 5) is 0. The van der Waals surface area contributed by atoms with E-state index in [1.165, 1.54) is 12.1 Å². The van der Waals surface area contributed by atoms with Gasteiger partial charge in [0.1, 0.15) is 0 Å². The smallest absolute Gasteiger partial charge is 0.328 e. The van der Waals surface area contributed by atoms with Crippen molar-refractivity contribution >= 4 is 11.6 Å². The van der Waals surface area contributed by atoms with Crippen LogP contribution in [0.25, 0.3) is 0 Å². The zero-order valence-corrected chi connectivity index (χ0v) is 8.86. The summed E-state index contributed by atoms with van der Waals surface area (Å²) in [5, 5.41) is 0.0794. The molecule has 1 aromatic rings. The highest BCUT2D eigenvalue weighted by molar-refractivity contribution is 6.30. The average Bonchev–Trinajstić information content (AvgIpc) is 2.05. The second-order valence-electron chi connectivity index (χ2n) is 3.48. The van der Waals surface area contributed by atoms with Gasteiger partial charge in [0.2, 0.25) is 0 Å². The standard InChI is InChI=1S/C10H11ClF3N/c1-6(15)4-7-2-3-8(11)5-9(7)10(12,13)14/h2-3,5-6H,4,15H2,1H3/t6-/m1/s1. The summed E-state index contributed by atoms with van der Waals surface area (Å²) in [5.41, 5.74) is 4.96. The van der Waals surface area contributed by atoms with Gasteiger partial charge in [0.05, 0.1) is 5.56 Å². The van der Waals surface area contributed by atoms with Crippen molar-refractivity contribution in [2.45, 2.75) is 25.6 Å². The summed E-state index contributed by atoms with van der Waals surface area (Å²) < 4.78 is 37.7. The number of hydrogen-bond donors (Lipinski definition) is 1. The molecule has 15 heavy (non-hydrogen) atoms. The molecular formula is C10H11ClF3N. The van der Waals surface area contributed by atoms with Crippen LogP contribution in [-0.2, 0) is 12.6 Å². The fraction of sp³-hybridized carbons (Fsp3) is 0.400. The monoisotopic (exact) mass is 237 g/mol. The van der Waals surface area contributed by atoms with E-state index in [1.807, 2.05) is 0 Å². The van der Waals surface area contributed by atoms with E-state index in [9.17, 15) is 13.2 Å². The lowest BCUT2D eigenvalue weighted by Gasteiger charge is -2.14. The van der Waals surface area contributed by atoms with Gasteiger partial charge in [-0.25, -0.2) is 0 Å². The average molecular weight is 238 g/mol. The summed E-state index contributed by atoms with van der Waals surface area (Å²) in [6.45, 7) is 1.66. The Morgan fingerprint density at radius 2 is 2.00 bits per heavy atom. The lowest BCUT2D eigenvalue weighted by molar-refractivity contribution is -0.138. The first-order valence-corrected chi connectivity index (χ1v) is 4.79. The van der Waals surface area contributed by atoms with Crippen LogP contribution in [0.15, 0.2) is 18.2 Å². The van der Waals surface area contributed by atoms with Crippen molar-refractivity contribution in [2.75, 3.05) is 0 Å². The summed E-state index contributed by atoms with van der Waals surface area (Å²) in [7, 11) is 0. The van der Waals surface area contributed by atoms with Crippen LogP contribution in [-0.4, -0.2) is 6.04 Å². The van der Waals surface area contributed by atoms with Crippen molar-refractivity contribution in [3.8, 4) is 0 Å². The molecule has 0 radical (unpaired) electrons. The second kappa shape index (κ2) is 4.41. The van der Waals surface area contributed by atoms with Gasteiger partial charge < -0.3 is 5.73 Å². The molecule has 84 valence electrons. The SMILES string of the molecule is C[C@@H](N)Cc1ccc(Cl)cc1C(F)(F)F. The van der Waals surface area contributed by atoms with Crippen molar-refractivity contribution < 1.29 is 13.2 Å². The van der Waals surface area contributed by atoms with Crippen LogP contribution >= 0.6 is 11.6 Å². The lowest BCUT2D eigenvalue weighted by Crippen LogP contribution is -2.20. The molecule has 1 aromatic carbocycles. The van der Waals surface area contributed by atoms with Gasteiger partial charge in [0.15, 0.2) is 0 Å². The van der Waals surface area contributed by atoms with Crippen molar-refractivity contribution in [2.24, 2.45) is 5.73 Å². The van der Waals surface area contributed by atoms with E-state index in [2.05, 4.69) is 0 Å². The van der Waals surface area contributed by atoms with Gasteiger partial charge in [-0.1, -0.05) is 17.7 Å². The number of alkyl halides is 3. The van der Waals surface area contributed by atoms with Crippen LogP contribution in [0.2, 0.25) is 5.02 Å². The number of halogens is 4.